The van der Waals surface area contributed by atoms with Crippen LogP contribution in [0, 0.1) is 5.92 Å². The molecule has 232 valence electrons. The smallest absolute Gasteiger partial charge is 0.407 e. The van der Waals surface area contributed by atoms with Gasteiger partial charge in [-0.25, -0.2) is 9.59 Å². The highest BCUT2D eigenvalue weighted by molar-refractivity contribution is 5.90. The predicted octanol–water partition coefficient (Wildman–Crippen LogP) is 6.18. The molecule has 44 heavy (non-hydrogen) atoms. The SMILES string of the molecule is C=CCOC(=O)[C@@H](NC(=O)[C@H](Cc1ccc(OC(C)(C)C)cc1)NC(=O)OCC1c2ccccc2-c2ccccc21)C(C)C. The standard InChI is InChI=1S/C36H42N2O6/c1-7-20-42-34(40)32(23(2)3)38-33(39)31(21-24-16-18-25(19-17-24)44-36(4,5)6)37-35(41)43-22-30-28-14-10-8-12-26(28)27-13-9-11-15-29(27)30/h7-19,23,30-32H,1,20-22H2,2-6H3,(H,37,41)(H,38,39)/t31-,32-/m0/s1. The Bertz CT molecular complexity index is 1430. The monoisotopic (exact) mass is 598 g/mol. The Labute approximate surface area is 259 Å². The number of ether oxygens (including phenoxy) is 3. The second-order valence-electron chi connectivity index (χ2n) is 12.2. The minimum absolute atomic E-state index is 0.0301. The molecule has 0 bridgehead atoms. The Hall–Kier alpha value is -4.59. The fourth-order valence-corrected chi connectivity index (χ4v) is 5.26. The molecule has 0 aliphatic heterocycles. The maximum Gasteiger partial charge on any atom is 0.407 e. The summed E-state index contributed by atoms with van der Waals surface area (Å²) in [6.07, 6.45) is 0.902. The fraction of sp³-hybridized carbons (Fsp3) is 0.361. The third kappa shape index (κ3) is 8.28. The molecule has 3 aromatic rings. The lowest BCUT2D eigenvalue weighted by Crippen LogP contribution is -2.54. The van der Waals surface area contributed by atoms with Crippen LogP contribution in [0.5, 0.6) is 5.75 Å². The Balaban J connectivity index is 1.50. The lowest BCUT2D eigenvalue weighted by Gasteiger charge is -2.25. The first-order chi connectivity index (χ1) is 21.0. The summed E-state index contributed by atoms with van der Waals surface area (Å²) in [5.41, 5.74) is 4.85. The van der Waals surface area contributed by atoms with Crippen LogP contribution in [0.1, 0.15) is 57.2 Å². The number of esters is 1. The summed E-state index contributed by atoms with van der Waals surface area (Å²) in [6, 6.07) is 21.6. The lowest BCUT2D eigenvalue weighted by atomic mass is 9.98. The quantitative estimate of drug-likeness (QED) is 0.191. The van der Waals surface area contributed by atoms with Crippen LogP contribution in [0.15, 0.2) is 85.5 Å². The number of rotatable bonds is 12. The van der Waals surface area contributed by atoms with Crippen LogP contribution < -0.4 is 15.4 Å². The molecule has 2 atom stereocenters. The largest absolute Gasteiger partial charge is 0.488 e. The molecule has 8 heteroatoms. The molecule has 0 heterocycles. The topological polar surface area (TPSA) is 103 Å². The van der Waals surface area contributed by atoms with Gasteiger partial charge in [0.1, 0.15) is 36.6 Å². The van der Waals surface area contributed by atoms with Crippen LogP contribution in [0.2, 0.25) is 0 Å². The van der Waals surface area contributed by atoms with E-state index in [4.69, 9.17) is 14.2 Å². The second kappa shape index (κ2) is 14.3. The van der Waals surface area contributed by atoms with Gasteiger partial charge in [-0.2, -0.15) is 0 Å². The number of carbonyl (C=O) groups excluding carboxylic acids is 3. The van der Waals surface area contributed by atoms with Crippen molar-refractivity contribution in [1.29, 1.82) is 0 Å². The highest BCUT2D eigenvalue weighted by Crippen LogP contribution is 2.44. The van der Waals surface area contributed by atoms with Crippen molar-refractivity contribution < 1.29 is 28.6 Å². The molecule has 0 radical (unpaired) electrons. The molecule has 1 aliphatic rings. The van der Waals surface area contributed by atoms with E-state index in [-0.39, 0.29) is 37.1 Å². The number of nitrogens with one attached hydrogen (secondary N) is 2. The number of amides is 2. The number of hydrogen-bond donors (Lipinski definition) is 2. The van der Waals surface area contributed by atoms with Gasteiger partial charge >= 0.3 is 12.1 Å². The zero-order chi connectivity index (χ0) is 31.9. The van der Waals surface area contributed by atoms with E-state index in [1.807, 2.05) is 95.3 Å². The summed E-state index contributed by atoms with van der Waals surface area (Å²) in [4.78, 5) is 39.5. The lowest BCUT2D eigenvalue weighted by molar-refractivity contribution is -0.148. The van der Waals surface area contributed by atoms with Gasteiger partial charge in [-0.05, 0) is 66.6 Å². The van der Waals surface area contributed by atoms with Gasteiger partial charge in [-0.3, -0.25) is 4.79 Å². The maximum atomic E-state index is 13.6. The summed E-state index contributed by atoms with van der Waals surface area (Å²) in [5.74, 6) is -0.780. The van der Waals surface area contributed by atoms with Crippen molar-refractivity contribution >= 4 is 18.0 Å². The minimum atomic E-state index is -1.02. The van der Waals surface area contributed by atoms with Gasteiger partial charge in [0.15, 0.2) is 0 Å². The van der Waals surface area contributed by atoms with Crippen molar-refractivity contribution in [2.24, 2.45) is 5.92 Å². The molecule has 0 spiro atoms. The third-order valence-electron chi connectivity index (χ3n) is 7.30. The molecule has 0 saturated heterocycles. The van der Waals surface area contributed by atoms with Crippen molar-refractivity contribution in [3.05, 3.63) is 102 Å². The van der Waals surface area contributed by atoms with Crippen LogP contribution in [0.4, 0.5) is 4.79 Å². The highest BCUT2D eigenvalue weighted by atomic mass is 16.5. The van der Waals surface area contributed by atoms with E-state index in [1.54, 1.807) is 0 Å². The molecular formula is C36H42N2O6. The van der Waals surface area contributed by atoms with E-state index in [2.05, 4.69) is 29.3 Å². The van der Waals surface area contributed by atoms with E-state index in [1.165, 1.54) is 6.08 Å². The molecule has 1 aliphatic carbocycles. The van der Waals surface area contributed by atoms with Gasteiger partial charge in [0.25, 0.3) is 0 Å². The Morgan fingerprint density at radius 3 is 2.00 bits per heavy atom. The number of hydrogen-bond acceptors (Lipinski definition) is 6. The average Bonchev–Trinajstić information content (AvgIpc) is 3.30. The van der Waals surface area contributed by atoms with Crippen molar-refractivity contribution in [2.75, 3.05) is 13.2 Å². The number of benzene rings is 3. The van der Waals surface area contributed by atoms with E-state index in [0.29, 0.717) is 5.75 Å². The number of carbonyl (C=O) groups is 3. The van der Waals surface area contributed by atoms with Crippen molar-refractivity contribution in [1.82, 2.24) is 10.6 Å². The number of fused-ring (bicyclic) bond motifs is 3. The minimum Gasteiger partial charge on any atom is -0.488 e. The van der Waals surface area contributed by atoms with Gasteiger partial charge in [-0.1, -0.05) is 87.2 Å². The first-order valence-corrected chi connectivity index (χ1v) is 14.9. The van der Waals surface area contributed by atoms with Crippen LogP contribution in [0.3, 0.4) is 0 Å². The molecule has 4 rings (SSSR count). The summed E-state index contributed by atoms with van der Waals surface area (Å²) in [7, 11) is 0. The zero-order valence-electron chi connectivity index (χ0n) is 26.1. The molecule has 8 nitrogen and oxygen atoms in total. The van der Waals surface area contributed by atoms with Crippen LogP contribution in [-0.2, 0) is 25.5 Å². The van der Waals surface area contributed by atoms with Gasteiger partial charge in [-0.15, -0.1) is 0 Å². The summed E-state index contributed by atoms with van der Waals surface area (Å²) in [6.45, 7) is 13.2. The molecule has 2 amide bonds. The maximum absolute atomic E-state index is 13.6. The van der Waals surface area contributed by atoms with E-state index >= 15 is 0 Å². The molecule has 2 N–H and O–H groups in total. The number of alkyl carbamates (subject to hydrolysis) is 1. The fourth-order valence-electron chi connectivity index (χ4n) is 5.26. The third-order valence-corrected chi connectivity index (χ3v) is 7.30. The van der Waals surface area contributed by atoms with Crippen LogP contribution in [-0.4, -0.2) is 48.9 Å². The summed E-state index contributed by atoms with van der Waals surface area (Å²) in [5, 5.41) is 5.52. The zero-order valence-corrected chi connectivity index (χ0v) is 26.1. The Morgan fingerprint density at radius 2 is 1.45 bits per heavy atom. The highest BCUT2D eigenvalue weighted by Gasteiger charge is 2.32. The van der Waals surface area contributed by atoms with Gasteiger partial charge in [0.2, 0.25) is 5.91 Å². The first-order valence-electron chi connectivity index (χ1n) is 14.9. The molecule has 0 fully saturated rings. The van der Waals surface area contributed by atoms with Gasteiger partial charge in [0, 0.05) is 12.3 Å². The first kappa shape index (κ1) is 32.3. The van der Waals surface area contributed by atoms with Gasteiger partial charge < -0.3 is 24.8 Å². The second-order valence-corrected chi connectivity index (χ2v) is 12.2. The predicted molar refractivity (Wildman–Crippen MR) is 170 cm³/mol. The Kier molecular flexibility index (Phi) is 10.5. The van der Waals surface area contributed by atoms with Crippen LogP contribution >= 0.6 is 0 Å². The molecular weight excluding hydrogens is 556 g/mol. The molecule has 0 unspecified atom stereocenters. The van der Waals surface area contributed by atoms with E-state index < -0.39 is 30.1 Å². The average molecular weight is 599 g/mol. The van der Waals surface area contributed by atoms with Crippen molar-refractivity contribution in [2.45, 2.75) is 64.6 Å². The van der Waals surface area contributed by atoms with E-state index in [9.17, 15) is 14.4 Å². The normalized spacial score (nSPS) is 13.7. The van der Waals surface area contributed by atoms with Crippen molar-refractivity contribution in [3.8, 4) is 16.9 Å². The van der Waals surface area contributed by atoms with Crippen LogP contribution in [0.25, 0.3) is 11.1 Å². The van der Waals surface area contributed by atoms with Crippen molar-refractivity contribution in [3.63, 3.8) is 0 Å². The summed E-state index contributed by atoms with van der Waals surface area (Å²) < 4.78 is 16.8. The summed E-state index contributed by atoms with van der Waals surface area (Å²) >= 11 is 0. The molecule has 3 aromatic carbocycles. The molecule has 0 aromatic heterocycles. The Morgan fingerprint density at radius 1 is 0.864 bits per heavy atom. The molecule has 0 saturated carbocycles. The van der Waals surface area contributed by atoms with E-state index in [0.717, 1.165) is 27.8 Å². The van der Waals surface area contributed by atoms with Gasteiger partial charge in [0.05, 0.1) is 0 Å².